The van der Waals surface area contributed by atoms with Crippen LogP contribution in [0.25, 0.3) is 0 Å². The molecule has 1 aromatic carbocycles. The number of sulfonamides is 1. The van der Waals surface area contributed by atoms with Crippen molar-refractivity contribution in [2.24, 2.45) is 5.92 Å². The summed E-state index contributed by atoms with van der Waals surface area (Å²) in [7, 11) is -3.27. The van der Waals surface area contributed by atoms with Crippen LogP contribution >= 0.6 is 0 Å². The van der Waals surface area contributed by atoms with Crippen LogP contribution in [0.4, 0.5) is 5.69 Å². The zero-order valence-corrected chi connectivity index (χ0v) is 11.3. The molecule has 0 spiro atoms. The SMILES string of the molecule is CS(=O)(=O)Nc1ccc(C2CC(C(=O)O)CN2)cc1. The monoisotopic (exact) mass is 284 g/mol. The normalized spacial score (nSPS) is 23.2. The summed E-state index contributed by atoms with van der Waals surface area (Å²) >= 11 is 0. The fourth-order valence-corrected chi connectivity index (χ4v) is 2.74. The Morgan fingerprint density at radius 3 is 2.47 bits per heavy atom. The molecule has 1 aliphatic rings. The van der Waals surface area contributed by atoms with E-state index in [1.807, 2.05) is 0 Å². The Morgan fingerprint density at radius 1 is 1.37 bits per heavy atom. The van der Waals surface area contributed by atoms with Crippen LogP contribution < -0.4 is 10.0 Å². The molecule has 7 heteroatoms. The summed E-state index contributed by atoms with van der Waals surface area (Å²) in [5.74, 6) is -1.15. The Morgan fingerprint density at radius 2 is 2.00 bits per heavy atom. The second-order valence-electron chi connectivity index (χ2n) is 4.73. The number of benzene rings is 1. The van der Waals surface area contributed by atoms with E-state index in [1.165, 1.54) is 0 Å². The van der Waals surface area contributed by atoms with Gasteiger partial charge >= 0.3 is 5.97 Å². The lowest BCUT2D eigenvalue weighted by atomic mass is 10.00. The average molecular weight is 284 g/mol. The first-order chi connectivity index (χ1) is 8.85. The van der Waals surface area contributed by atoms with E-state index in [2.05, 4.69) is 10.0 Å². The minimum absolute atomic E-state index is 0.00776. The van der Waals surface area contributed by atoms with Gasteiger partial charge in [-0.05, 0) is 24.1 Å². The molecule has 2 rings (SSSR count). The largest absolute Gasteiger partial charge is 0.481 e. The van der Waals surface area contributed by atoms with Crippen molar-refractivity contribution in [1.82, 2.24) is 5.32 Å². The maximum atomic E-state index is 11.1. The van der Waals surface area contributed by atoms with E-state index in [4.69, 9.17) is 5.11 Å². The molecule has 0 amide bonds. The van der Waals surface area contributed by atoms with Gasteiger partial charge in [0.2, 0.25) is 10.0 Å². The van der Waals surface area contributed by atoms with Gasteiger partial charge in [-0.1, -0.05) is 12.1 Å². The van der Waals surface area contributed by atoms with E-state index in [0.717, 1.165) is 11.8 Å². The van der Waals surface area contributed by atoms with Gasteiger partial charge in [-0.2, -0.15) is 0 Å². The van der Waals surface area contributed by atoms with E-state index in [9.17, 15) is 13.2 Å². The standard InChI is InChI=1S/C12H16N2O4S/c1-19(17,18)14-10-4-2-8(3-5-10)11-6-9(7-13-11)12(15)16/h2-5,9,11,13-14H,6-7H2,1H3,(H,15,16). The van der Waals surface area contributed by atoms with Crippen LogP contribution in [0.15, 0.2) is 24.3 Å². The van der Waals surface area contributed by atoms with Crippen LogP contribution in [0.1, 0.15) is 18.0 Å². The Bertz CT molecular complexity index is 568. The number of anilines is 1. The Hall–Kier alpha value is -1.60. The van der Waals surface area contributed by atoms with Gasteiger partial charge < -0.3 is 10.4 Å². The van der Waals surface area contributed by atoms with Crippen LogP contribution in [0, 0.1) is 5.92 Å². The van der Waals surface area contributed by atoms with Gasteiger partial charge in [0.1, 0.15) is 0 Å². The van der Waals surface area contributed by atoms with E-state index in [0.29, 0.717) is 18.7 Å². The second kappa shape index (κ2) is 5.18. The smallest absolute Gasteiger partial charge is 0.307 e. The van der Waals surface area contributed by atoms with E-state index in [-0.39, 0.29) is 12.0 Å². The van der Waals surface area contributed by atoms with Gasteiger partial charge in [0.05, 0.1) is 12.2 Å². The van der Waals surface area contributed by atoms with Gasteiger partial charge in [-0.15, -0.1) is 0 Å². The van der Waals surface area contributed by atoms with Gasteiger partial charge in [0.15, 0.2) is 0 Å². The minimum atomic E-state index is -3.27. The number of carbonyl (C=O) groups is 1. The summed E-state index contributed by atoms with van der Waals surface area (Å²) in [5, 5.41) is 12.1. The highest BCUT2D eigenvalue weighted by atomic mass is 32.2. The van der Waals surface area contributed by atoms with Crippen molar-refractivity contribution in [2.75, 3.05) is 17.5 Å². The third-order valence-corrected chi connectivity index (χ3v) is 3.70. The molecule has 19 heavy (non-hydrogen) atoms. The lowest BCUT2D eigenvalue weighted by Crippen LogP contribution is -2.17. The molecule has 0 radical (unpaired) electrons. The average Bonchev–Trinajstić information content (AvgIpc) is 2.77. The molecule has 1 saturated heterocycles. The van der Waals surface area contributed by atoms with E-state index >= 15 is 0 Å². The fraction of sp³-hybridized carbons (Fsp3) is 0.417. The third kappa shape index (κ3) is 3.68. The highest BCUT2D eigenvalue weighted by Crippen LogP contribution is 2.28. The van der Waals surface area contributed by atoms with Crippen LogP contribution in [0.5, 0.6) is 0 Å². The Balaban J connectivity index is 2.05. The molecule has 6 nitrogen and oxygen atoms in total. The molecule has 1 aromatic rings. The Kier molecular flexibility index (Phi) is 3.77. The second-order valence-corrected chi connectivity index (χ2v) is 6.48. The van der Waals surface area contributed by atoms with Crippen LogP contribution in [-0.2, 0) is 14.8 Å². The maximum Gasteiger partial charge on any atom is 0.307 e. The lowest BCUT2D eigenvalue weighted by molar-refractivity contribution is -0.141. The molecule has 3 N–H and O–H groups in total. The molecule has 2 atom stereocenters. The highest BCUT2D eigenvalue weighted by Gasteiger charge is 2.29. The molecular weight excluding hydrogens is 268 g/mol. The van der Waals surface area contributed by atoms with Gasteiger partial charge in [-0.3, -0.25) is 9.52 Å². The van der Waals surface area contributed by atoms with Crippen molar-refractivity contribution in [3.8, 4) is 0 Å². The van der Waals surface area contributed by atoms with Crippen molar-refractivity contribution in [1.29, 1.82) is 0 Å². The summed E-state index contributed by atoms with van der Waals surface area (Å²) in [6.45, 7) is 0.462. The number of hydrogen-bond acceptors (Lipinski definition) is 4. The number of hydrogen-bond donors (Lipinski definition) is 3. The number of aliphatic carboxylic acids is 1. The van der Waals surface area contributed by atoms with Crippen LogP contribution in [0.2, 0.25) is 0 Å². The van der Waals surface area contributed by atoms with E-state index < -0.39 is 16.0 Å². The molecule has 1 heterocycles. The predicted octanol–water partition coefficient (Wildman–Crippen LogP) is 0.793. The van der Waals surface area contributed by atoms with Crippen molar-refractivity contribution in [3.05, 3.63) is 29.8 Å². The molecular formula is C12H16N2O4S. The zero-order valence-electron chi connectivity index (χ0n) is 10.5. The molecule has 1 aliphatic heterocycles. The van der Waals surface area contributed by atoms with Gasteiger partial charge in [-0.25, -0.2) is 8.42 Å². The number of rotatable bonds is 4. The topological polar surface area (TPSA) is 95.5 Å². The summed E-state index contributed by atoms with van der Waals surface area (Å²) < 4.78 is 24.5. The first kappa shape index (κ1) is 13.8. The number of carboxylic acids is 1. The summed E-state index contributed by atoms with van der Waals surface area (Å²) in [5.41, 5.74) is 1.46. The summed E-state index contributed by atoms with van der Waals surface area (Å²) in [6.07, 6.45) is 1.64. The molecule has 104 valence electrons. The minimum Gasteiger partial charge on any atom is -0.481 e. The molecule has 0 aliphatic carbocycles. The van der Waals surface area contributed by atoms with Crippen molar-refractivity contribution >= 4 is 21.7 Å². The first-order valence-corrected chi connectivity index (χ1v) is 7.78. The summed E-state index contributed by atoms with van der Waals surface area (Å²) in [6, 6.07) is 6.96. The van der Waals surface area contributed by atoms with Crippen LogP contribution in [0.3, 0.4) is 0 Å². The molecule has 0 saturated carbocycles. The highest BCUT2D eigenvalue weighted by molar-refractivity contribution is 7.92. The van der Waals surface area contributed by atoms with Crippen molar-refractivity contribution in [2.45, 2.75) is 12.5 Å². The maximum absolute atomic E-state index is 11.1. The first-order valence-electron chi connectivity index (χ1n) is 5.89. The molecule has 0 aromatic heterocycles. The quantitative estimate of drug-likeness (QED) is 0.760. The Labute approximate surface area is 111 Å². The van der Waals surface area contributed by atoms with Crippen molar-refractivity contribution < 1.29 is 18.3 Å². The number of nitrogens with one attached hydrogen (secondary N) is 2. The van der Waals surface area contributed by atoms with Crippen molar-refractivity contribution in [3.63, 3.8) is 0 Å². The molecule has 1 fully saturated rings. The third-order valence-electron chi connectivity index (χ3n) is 3.10. The molecule has 2 unspecified atom stereocenters. The van der Waals surface area contributed by atoms with E-state index in [1.54, 1.807) is 24.3 Å². The lowest BCUT2D eigenvalue weighted by Gasteiger charge is -2.11. The van der Waals surface area contributed by atoms with Crippen LogP contribution in [-0.4, -0.2) is 32.3 Å². The fourth-order valence-electron chi connectivity index (χ4n) is 2.18. The predicted molar refractivity (Wildman–Crippen MR) is 71.4 cm³/mol. The zero-order chi connectivity index (χ0) is 14.0. The van der Waals surface area contributed by atoms with Gasteiger partial charge in [0.25, 0.3) is 0 Å². The molecule has 0 bridgehead atoms. The van der Waals surface area contributed by atoms with Gasteiger partial charge in [0, 0.05) is 18.3 Å². The summed E-state index contributed by atoms with van der Waals surface area (Å²) in [4.78, 5) is 10.9. The number of carboxylic acid groups (broad SMARTS) is 1.